The van der Waals surface area contributed by atoms with E-state index in [0.29, 0.717) is 31.7 Å². The summed E-state index contributed by atoms with van der Waals surface area (Å²) >= 11 is 5.41. The lowest BCUT2D eigenvalue weighted by atomic mass is 10.1. The molecule has 0 aliphatic carbocycles. The minimum atomic E-state index is -0.456. The Kier molecular flexibility index (Phi) is 4.22. The molecule has 5 heteroatoms. The van der Waals surface area contributed by atoms with Crippen molar-refractivity contribution in [1.29, 1.82) is 0 Å². The Hall–Kier alpha value is -1.81. The third-order valence-electron chi connectivity index (χ3n) is 3.21. The Bertz CT molecular complexity index is 491. The van der Waals surface area contributed by atoms with Crippen molar-refractivity contribution >= 4 is 29.0 Å². The van der Waals surface area contributed by atoms with Gasteiger partial charge in [0.1, 0.15) is 0 Å². The Morgan fingerprint density at radius 3 is 2.05 bits per heavy atom. The molecule has 0 aromatic heterocycles. The Balaban J connectivity index is 2.00. The van der Waals surface area contributed by atoms with E-state index in [1.807, 2.05) is 12.1 Å². The first-order chi connectivity index (χ1) is 9.11. The standard InChI is InChI=1S/C14H15ClN2O2/c1-2-11-3-5-12(6-4-11)13(18)16-7-9-17(10-8-16)14(15)19/h2-6H,1,7-10H2. The van der Waals surface area contributed by atoms with Gasteiger partial charge < -0.3 is 9.80 Å². The van der Waals surface area contributed by atoms with Gasteiger partial charge in [-0.3, -0.25) is 9.59 Å². The van der Waals surface area contributed by atoms with E-state index in [9.17, 15) is 9.59 Å². The van der Waals surface area contributed by atoms with E-state index in [0.717, 1.165) is 5.56 Å². The van der Waals surface area contributed by atoms with Crippen molar-refractivity contribution in [2.24, 2.45) is 0 Å². The van der Waals surface area contributed by atoms with Crippen LogP contribution >= 0.6 is 11.6 Å². The van der Waals surface area contributed by atoms with Crippen LogP contribution in [0.1, 0.15) is 15.9 Å². The molecular weight excluding hydrogens is 264 g/mol. The summed E-state index contributed by atoms with van der Waals surface area (Å²) in [6, 6.07) is 7.30. The smallest absolute Gasteiger partial charge is 0.316 e. The van der Waals surface area contributed by atoms with Gasteiger partial charge in [0.25, 0.3) is 5.91 Å². The summed E-state index contributed by atoms with van der Waals surface area (Å²) in [5.41, 5.74) is 1.63. The number of benzene rings is 1. The molecule has 4 nitrogen and oxygen atoms in total. The van der Waals surface area contributed by atoms with Crippen LogP contribution in [0.4, 0.5) is 4.79 Å². The van der Waals surface area contributed by atoms with Gasteiger partial charge in [0, 0.05) is 31.7 Å². The molecule has 1 saturated heterocycles. The number of hydrogen-bond acceptors (Lipinski definition) is 2. The van der Waals surface area contributed by atoms with Crippen LogP contribution in [0, 0.1) is 0 Å². The fraction of sp³-hybridized carbons (Fsp3) is 0.286. The largest absolute Gasteiger partial charge is 0.335 e. The average molecular weight is 279 g/mol. The van der Waals surface area contributed by atoms with Gasteiger partial charge in [0.15, 0.2) is 0 Å². The zero-order valence-corrected chi connectivity index (χ0v) is 11.3. The first kappa shape index (κ1) is 13.6. The lowest BCUT2D eigenvalue weighted by Crippen LogP contribution is -2.49. The second-order valence-corrected chi connectivity index (χ2v) is 4.68. The number of carbonyl (C=O) groups excluding carboxylic acids is 2. The number of halogens is 1. The second kappa shape index (κ2) is 5.89. The fourth-order valence-corrected chi connectivity index (χ4v) is 2.20. The van der Waals surface area contributed by atoms with E-state index in [1.165, 1.54) is 4.90 Å². The molecule has 1 heterocycles. The fourth-order valence-electron chi connectivity index (χ4n) is 2.03. The van der Waals surface area contributed by atoms with Crippen LogP contribution < -0.4 is 0 Å². The predicted octanol–water partition coefficient (Wildman–Crippen LogP) is 2.45. The summed E-state index contributed by atoms with van der Waals surface area (Å²) in [5.74, 6) is -0.0164. The molecule has 0 saturated carbocycles. The van der Waals surface area contributed by atoms with Crippen molar-refractivity contribution < 1.29 is 9.59 Å². The van der Waals surface area contributed by atoms with Gasteiger partial charge in [0.2, 0.25) is 0 Å². The van der Waals surface area contributed by atoms with Crippen LogP contribution in [-0.2, 0) is 0 Å². The van der Waals surface area contributed by atoms with E-state index < -0.39 is 5.37 Å². The maximum atomic E-state index is 12.2. The van der Waals surface area contributed by atoms with Gasteiger partial charge in [-0.05, 0) is 29.3 Å². The van der Waals surface area contributed by atoms with Crippen molar-refractivity contribution in [3.05, 3.63) is 42.0 Å². The van der Waals surface area contributed by atoms with Gasteiger partial charge in [-0.15, -0.1) is 0 Å². The van der Waals surface area contributed by atoms with Crippen molar-refractivity contribution in [2.45, 2.75) is 0 Å². The average Bonchev–Trinajstić information content (AvgIpc) is 2.46. The zero-order chi connectivity index (χ0) is 13.8. The van der Waals surface area contributed by atoms with Gasteiger partial charge in [-0.25, -0.2) is 0 Å². The third kappa shape index (κ3) is 3.15. The Morgan fingerprint density at radius 1 is 1.05 bits per heavy atom. The molecule has 1 aromatic carbocycles. The normalized spacial score (nSPS) is 15.2. The highest BCUT2D eigenvalue weighted by Gasteiger charge is 2.23. The first-order valence-electron chi connectivity index (χ1n) is 6.08. The van der Waals surface area contributed by atoms with Gasteiger partial charge in [0.05, 0.1) is 0 Å². The molecule has 0 spiro atoms. The molecule has 1 aromatic rings. The molecule has 2 amide bonds. The number of nitrogens with zero attached hydrogens (tertiary/aromatic N) is 2. The molecule has 1 aliphatic rings. The van der Waals surface area contributed by atoms with Crippen LogP contribution in [0.3, 0.4) is 0 Å². The summed E-state index contributed by atoms with van der Waals surface area (Å²) < 4.78 is 0. The minimum Gasteiger partial charge on any atom is -0.335 e. The number of amides is 2. The van der Waals surface area contributed by atoms with E-state index >= 15 is 0 Å². The number of piperazine rings is 1. The molecule has 1 fully saturated rings. The second-order valence-electron chi connectivity index (χ2n) is 4.36. The summed E-state index contributed by atoms with van der Waals surface area (Å²) in [5, 5.41) is -0.456. The monoisotopic (exact) mass is 278 g/mol. The predicted molar refractivity (Wildman–Crippen MR) is 75.3 cm³/mol. The van der Waals surface area contributed by atoms with E-state index in [1.54, 1.807) is 23.1 Å². The maximum absolute atomic E-state index is 12.2. The van der Waals surface area contributed by atoms with Crippen molar-refractivity contribution in [3.63, 3.8) is 0 Å². The zero-order valence-electron chi connectivity index (χ0n) is 10.5. The van der Waals surface area contributed by atoms with E-state index in [2.05, 4.69) is 6.58 Å². The topological polar surface area (TPSA) is 40.6 Å². The Morgan fingerprint density at radius 2 is 1.58 bits per heavy atom. The number of carbonyl (C=O) groups is 2. The molecule has 0 unspecified atom stereocenters. The van der Waals surface area contributed by atoms with Gasteiger partial charge in [-0.1, -0.05) is 24.8 Å². The van der Waals surface area contributed by atoms with Gasteiger partial charge in [-0.2, -0.15) is 0 Å². The quantitative estimate of drug-likeness (QED) is 0.616. The lowest BCUT2D eigenvalue weighted by molar-refractivity contribution is 0.0676. The molecule has 0 atom stereocenters. The van der Waals surface area contributed by atoms with E-state index in [4.69, 9.17) is 11.6 Å². The van der Waals surface area contributed by atoms with Crippen molar-refractivity contribution in [1.82, 2.24) is 9.80 Å². The van der Waals surface area contributed by atoms with Crippen LogP contribution in [0.15, 0.2) is 30.8 Å². The minimum absolute atomic E-state index is 0.0164. The lowest BCUT2D eigenvalue weighted by Gasteiger charge is -2.33. The highest BCUT2D eigenvalue weighted by molar-refractivity contribution is 6.62. The summed E-state index contributed by atoms with van der Waals surface area (Å²) in [7, 11) is 0. The molecular formula is C14H15ClN2O2. The highest BCUT2D eigenvalue weighted by atomic mass is 35.5. The van der Waals surface area contributed by atoms with Crippen molar-refractivity contribution in [3.8, 4) is 0 Å². The summed E-state index contributed by atoms with van der Waals surface area (Å²) in [6.45, 7) is 5.67. The molecule has 19 heavy (non-hydrogen) atoms. The molecule has 0 bridgehead atoms. The van der Waals surface area contributed by atoms with Crippen molar-refractivity contribution in [2.75, 3.05) is 26.2 Å². The van der Waals surface area contributed by atoms with Crippen LogP contribution in [0.2, 0.25) is 0 Å². The third-order valence-corrected chi connectivity index (χ3v) is 3.45. The summed E-state index contributed by atoms with van der Waals surface area (Å²) in [4.78, 5) is 26.5. The molecule has 100 valence electrons. The SMILES string of the molecule is C=Cc1ccc(C(=O)N2CCN(C(=O)Cl)CC2)cc1. The molecule has 0 N–H and O–H groups in total. The van der Waals surface area contributed by atoms with Crippen LogP contribution in [-0.4, -0.2) is 47.3 Å². The number of hydrogen-bond donors (Lipinski definition) is 0. The maximum Gasteiger partial charge on any atom is 0.316 e. The summed E-state index contributed by atoms with van der Waals surface area (Å²) in [6.07, 6.45) is 1.74. The Labute approximate surface area is 117 Å². The molecule has 1 aliphatic heterocycles. The first-order valence-corrected chi connectivity index (χ1v) is 6.46. The van der Waals surface area contributed by atoms with Crippen LogP contribution in [0.5, 0.6) is 0 Å². The number of rotatable bonds is 2. The van der Waals surface area contributed by atoms with Crippen LogP contribution in [0.25, 0.3) is 6.08 Å². The van der Waals surface area contributed by atoms with Gasteiger partial charge >= 0.3 is 5.37 Å². The molecule has 0 radical (unpaired) electrons. The highest BCUT2D eigenvalue weighted by Crippen LogP contribution is 2.11. The molecule has 2 rings (SSSR count). The van der Waals surface area contributed by atoms with E-state index in [-0.39, 0.29) is 5.91 Å².